The molecule has 0 atom stereocenters. The Hall–Kier alpha value is -1.19. The molecular formula is C14H21F3IN3O. The average molecular weight is 431 g/mol. The smallest absolute Gasteiger partial charge is 0.422 e. The highest BCUT2D eigenvalue weighted by Crippen LogP contribution is 2.22. The van der Waals surface area contributed by atoms with E-state index in [1.165, 1.54) is 6.07 Å². The van der Waals surface area contributed by atoms with Crippen molar-refractivity contribution in [3.63, 3.8) is 0 Å². The number of hydrogen-bond acceptors (Lipinski definition) is 2. The number of hydrogen-bond donors (Lipinski definition) is 2. The van der Waals surface area contributed by atoms with Gasteiger partial charge in [-0.2, -0.15) is 13.2 Å². The lowest BCUT2D eigenvalue weighted by molar-refractivity contribution is -0.153. The van der Waals surface area contributed by atoms with Gasteiger partial charge in [-0.15, -0.1) is 24.0 Å². The number of nitrogens with one attached hydrogen (secondary N) is 1. The van der Waals surface area contributed by atoms with Crippen LogP contribution in [-0.4, -0.2) is 25.3 Å². The van der Waals surface area contributed by atoms with Gasteiger partial charge in [0.25, 0.3) is 0 Å². The topological polar surface area (TPSA) is 59.6 Å². The highest BCUT2D eigenvalue weighted by molar-refractivity contribution is 14.0. The van der Waals surface area contributed by atoms with E-state index in [9.17, 15) is 13.2 Å². The van der Waals surface area contributed by atoms with E-state index in [0.717, 1.165) is 0 Å². The number of benzene rings is 1. The number of guanidine groups is 1. The molecule has 0 bridgehead atoms. The van der Waals surface area contributed by atoms with Gasteiger partial charge in [0.15, 0.2) is 12.6 Å². The second-order valence-corrected chi connectivity index (χ2v) is 4.99. The lowest BCUT2D eigenvalue weighted by Crippen LogP contribution is -2.34. The largest absolute Gasteiger partial charge is 0.484 e. The van der Waals surface area contributed by atoms with Crippen LogP contribution in [0.1, 0.15) is 19.4 Å². The minimum atomic E-state index is -4.37. The normalized spacial score (nSPS) is 12.0. The quantitative estimate of drug-likeness (QED) is 0.413. The fourth-order valence-corrected chi connectivity index (χ4v) is 1.47. The lowest BCUT2D eigenvalue weighted by Gasteiger charge is -2.12. The summed E-state index contributed by atoms with van der Waals surface area (Å²) >= 11 is 0. The van der Waals surface area contributed by atoms with Crippen molar-refractivity contribution in [2.45, 2.75) is 26.6 Å². The summed E-state index contributed by atoms with van der Waals surface area (Å²) in [6.45, 7) is 3.57. The van der Waals surface area contributed by atoms with E-state index in [1.807, 2.05) is 13.8 Å². The number of nitrogens with two attached hydrogens (primary N) is 1. The van der Waals surface area contributed by atoms with Crippen LogP contribution in [0, 0.1) is 5.92 Å². The number of alkyl halides is 3. The Balaban J connectivity index is 0.00000441. The Kier molecular flexibility index (Phi) is 9.22. The molecule has 0 aliphatic heterocycles. The third kappa shape index (κ3) is 8.96. The Morgan fingerprint density at radius 1 is 1.32 bits per heavy atom. The van der Waals surface area contributed by atoms with E-state index < -0.39 is 12.8 Å². The van der Waals surface area contributed by atoms with Crippen LogP contribution in [0.15, 0.2) is 29.3 Å². The summed E-state index contributed by atoms with van der Waals surface area (Å²) in [5, 5.41) is 2.93. The Morgan fingerprint density at radius 2 is 1.95 bits per heavy atom. The molecule has 8 heteroatoms. The van der Waals surface area contributed by atoms with Crippen LogP contribution in [0.3, 0.4) is 0 Å². The van der Waals surface area contributed by atoms with Crippen LogP contribution in [0.5, 0.6) is 5.75 Å². The summed E-state index contributed by atoms with van der Waals surface area (Å²) in [6, 6.07) is 6.46. The lowest BCUT2D eigenvalue weighted by atomic mass is 10.2. The summed E-state index contributed by atoms with van der Waals surface area (Å²) in [7, 11) is 0. The van der Waals surface area contributed by atoms with E-state index in [0.29, 0.717) is 18.0 Å². The van der Waals surface area contributed by atoms with Crippen molar-refractivity contribution in [3.05, 3.63) is 29.8 Å². The van der Waals surface area contributed by atoms with Gasteiger partial charge in [0, 0.05) is 12.1 Å². The van der Waals surface area contributed by atoms with Crippen molar-refractivity contribution in [3.8, 4) is 5.75 Å². The summed E-state index contributed by atoms with van der Waals surface area (Å²) < 4.78 is 41.3. The number of halogens is 4. The Labute approximate surface area is 145 Å². The van der Waals surface area contributed by atoms with Gasteiger partial charge in [-0.3, -0.25) is 0 Å². The molecular weight excluding hydrogens is 410 g/mol. The molecule has 126 valence electrons. The van der Waals surface area contributed by atoms with Crippen molar-refractivity contribution >= 4 is 29.9 Å². The van der Waals surface area contributed by atoms with Crippen LogP contribution >= 0.6 is 24.0 Å². The van der Waals surface area contributed by atoms with Gasteiger partial charge < -0.3 is 15.8 Å². The molecule has 22 heavy (non-hydrogen) atoms. The molecule has 0 aliphatic rings. The standard InChI is InChI=1S/C14H20F3N3O.HI/c1-10(2)7-19-13(18)20-8-11-5-3-4-6-12(11)21-9-14(15,16)17;/h3-6,10H,7-9H2,1-2H3,(H3,18,19,20);1H. The van der Waals surface area contributed by atoms with Gasteiger partial charge in [-0.25, -0.2) is 4.99 Å². The van der Waals surface area contributed by atoms with Gasteiger partial charge in [-0.05, 0) is 12.0 Å². The first-order chi connectivity index (χ1) is 9.78. The molecule has 1 aromatic carbocycles. The zero-order valence-electron chi connectivity index (χ0n) is 12.5. The van der Waals surface area contributed by atoms with E-state index in [1.54, 1.807) is 18.2 Å². The highest BCUT2D eigenvalue weighted by atomic mass is 127. The van der Waals surface area contributed by atoms with Crippen molar-refractivity contribution in [1.82, 2.24) is 5.32 Å². The van der Waals surface area contributed by atoms with Crippen LogP contribution in [0.25, 0.3) is 0 Å². The second-order valence-electron chi connectivity index (χ2n) is 4.99. The van der Waals surface area contributed by atoms with Crippen LogP contribution in [-0.2, 0) is 6.54 Å². The van der Waals surface area contributed by atoms with E-state index in [4.69, 9.17) is 10.5 Å². The molecule has 0 aromatic heterocycles. The molecule has 0 saturated carbocycles. The first kappa shape index (κ1) is 20.8. The van der Waals surface area contributed by atoms with Crippen molar-refractivity contribution in [2.75, 3.05) is 13.2 Å². The summed E-state index contributed by atoms with van der Waals surface area (Å²) in [5.41, 5.74) is 6.23. The molecule has 0 heterocycles. The van der Waals surface area contributed by atoms with E-state index in [2.05, 4.69) is 10.3 Å². The maximum atomic E-state index is 12.2. The summed E-state index contributed by atoms with van der Waals surface area (Å²) in [6.07, 6.45) is -4.37. The number of rotatable bonds is 6. The molecule has 0 aliphatic carbocycles. The molecule has 0 amide bonds. The fraction of sp³-hybridized carbons (Fsp3) is 0.500. The number of aliphatic imine (C=N–C) groups is 1. The molecule has 3 N–H and O–H groups in total. The monoisotopic (exact) mass is 431 g/mol. The zero-order chi connectivity index (χ0) is 15.9. The maximum Gasteiger partial charge on any atom is 0.422 e. The van der Waals surface area contributed by atoms with Crippen LogP contribution in [0.2, 0.25) is 0 Å². The van der Waals surface area contributed by atoms with Crippen LogP contribution in [0.4, 0.5) is 13.2 Å². The fourth-order valence-electron chi connectivity index (χ4n) is 1.47. The Bertz CT molecular complexity index is 479. The van der Waals surface area contributed by atoms with Gasteiger partial charge in [-0.1, -0.05) is 32.0 Å². The van der Waals surface area contributed by atoms with Crippen molar-refractivity contribution < 1.29 is 17.9 Å². The molecule has 4 nitrogen and oxygen atoms in total. The number of nitrogens with zero attached hydrogens (tertiary/aromatic N) is 1. The predicted octanol–water partition coefficient (Wildman–Crippen LogP) is 3.31. The van der Waals surface area contributed by atoms with Gasteiger partial charge in [0.2, 0.25) is 0 Å². The minimum Gasteiger partial charge on any atom is -0.484 e. The molecule has 0 fully saturated rings. The zero-order valence-corrected chi connectivity index (χ0v) is 14.8. The molecule has 0 radical (unpaired) electrons. The first-order valence-corrected chi connectivity index (χ1v) is 6.59. The van der Waals surface area contributed by atoms with Gasteiger partial charge in [0.05, 0.1) is 6.54 Å². The Morgan fingerprint density at radius 3 is 2.55 bits per heavy atom. The number of ether oxygens (including phenoxy) is 1. The molecule has 0 spiro atoms. The minimum absolute atomic E-state index is 0. The van der Waals surface area contributed by atoms with Gasteiger partial charge in [0.1, 0.15) is 5.75 Å². The third-order valence-corrected chi connectivity index (χ3v) is 2.48. The summed E-state index contributed by atoms with van der Waals surface area (Å²) in [4.78, 5) is 4.09. The molecule has 0 saturated heterocycles. The van der Waals surface area contributed by atoms with Gasteiger partial charge >= 0.3 is 6.18 Å². The van der Waals surface area contributed by atoms with Crippen molar-refractivity contribution in [2.24, 2.45) is 16.6 Å². The van der Waals surface area contributed by atoms with E-state index >= 15 is 0 Å². The predicted molar refractivity (Wildman–Crippen MR) is 91.6 cm³/mol. The second kappa shape index (κ2) is 9.75. The first-order valence-electron chi connectivity index (χ1n) is 6.59. The molecule has 1 aromatic rings. The van der Waals surface area contributed by atoms with Crippen molar-refractivity contribution in [1.29, 1.82) is 0 Å². The third-order valence-electron chi connectivity index (χ3n) is 2.48. The average Bonchev–Trinajstić information content (AvgIpc) is 2.40. The number of para-hydroxylation sites is 1. The molecule has 1 rings (SSSR count). The van der Waals surface area contributed by atoms with E-state index in [-0.39, 0.29) is 42.2 Å². The maximum absolute atomic E-state index is 12.2. The summed E-state index contributed by atoms with van der Waals surface area (Å²) in [5.74, 6) is 0.839. The molecule has 0 unspecified atom stereocenters. The van der Waals surface area contributed by atoms with Crippen LogP contribution < -0.4 is 15.8 Å². The SMILES string of the molecule is CC(C)CNC(N)=NCc1ccccc1OCC(F)(F)F.I. The highest BCUT2D eigenvalue weighted by Gasteiger charge is 2.28.